The van der Waals surface area contributed by atoms with E-state index in [4.69, 9.17) is 11.6 Å². The van der Waals surface area contributed by atoms with Crippen LogP contribution in [0.2, 0.25) is 4.34 Å². The van der Waals surface area contributed by atoms with Crippen molar-refractivity contribution in [2.45, 2.75) is 29.8 Å². The maximum Gasteiger partial charge on any atom is 0.250 e. The Morgan fingerprint density at radius 1 is 1.53 bits per heavy atom. The molecule has 0 saturated carbocycles. The molecule has 1 N–H and O–H groups in total. The molecule has 0 aliphatic rings. The standard InChI is InChI=1S/C10H15BrClNO2S2/c1-6(2)8(11)5-13-17(14,15)9-4-7(3)10(12)16-9/h4,6,8,13H,5H2,1-3H3. The molecule has 0 fully saturated rings. The average molecular weight is 361 g/mol. The number of sulfonamides is 1. The summed E-state index contributed by atoms with van der Waals surface area (Å²) in [5, 5.41) is 0. The molecule has 0 amide bonds. The molecule has 1 unspecified atom stereocenters. The van der Waals surface area contributed by atoms with Gasteiger partial charge in [0, 0.05) is 11.4 Å². The fourth-order valence-electron chi connectivity index (χ4n) is 1.06. The number of thiophene rings is 1. The van der Waals surface area contributed by atoms with Gasteiger partial charge >= 0.3 is 0 Å². The lowest BCUT2D eigenvalue weighted by Crippen LogP contribution is -2.31. The molecule has 0 bridgehead atoms. The quantitative estimate of drug-likeness (QED) is 0.818. The van der Waals surface area contributed by atoms with E-state index >= 15 is 0 Å². The van der Waals surface area contributed by atoms with Gasteiger partial charge in [-0.2, -0.15) is 0 Å². The Morgan fingerprint density at radius 3 is 2.53 bits per heavy atom. The topological polar surface area (TPSA) is 46.2 Å². The van der Waals surface area contributed by atoms with E-state index in [2.05, 4.69) is 20.7 Å². The number of halogens is 2. The van der Waals surface area contributed by atoms with Gasteiger partial charge in [0.05, 0.1) is 4.34 Å². The van der Waals surface area contributed by atoms with Crippen LogP contribution in [-0.4, -0.2) is 19.8 Å². The summed E-state index contributed by atoms with van der Waals surface area (Å²) in [6, 6.07) is 1.59. The maximum atomic E-state index is 11.9. The van der Waals surface area contributed by atoms with Crippen molar-refractivity contribution in [1.82, 2.24) is 4.72 Å². The van der Waals surface area contributed by atoms with Crippen LogP contribution in [0.5, 0.6) is 0 Å². The van der Waals surface area contributed by atoms with Gasteiger partial charge in [0.1, 0.15) is 4.21 Å². The molecule has 1 aromatic heterocycles. The first kappa shape index (κ1) is 15.4. The van der Waals surface area contributed by atoms with Gasteiger partial charge in [0.25, 0.3) is 0 Å². The number of rotatable bonds is 5. The fraction of sp³-hybridized carbons (Fsp3) is 0.600. The van der Waals surface area contributed by atoms with Gasteiger partial charge in [-0.25, -0.2) is 13.1 Å². The highest BCUT2D eigenvalue weighted by atomic mass is 79.9. The van der Waals surface area contributed by atoms with Crippen LogP contribution in [0.3, 0.4) is 0 Å². The predicted octanol–water partition coefficient (Wildman–Crippen LogP) is 3.41. The third-order valence-electron chi connectivity index (χ3n) is 2.29. The second-order valence-corrected chi connectivity index (χ2v) is 8.96. The lowest BCUT2D eigenvalue weighted by Gasteiger charge is -2.13. The first-order chi connectivity index (χ1) is 7.74. The molecule has 3 nitrogen and oxygen atoms in total. The lowest BCUT2D eigenvalue weighted by molar-refractivity contribution is 0.564. The second-order valence-electron chi connectivity index (χ2n) is 4.13. The van der Waals surface area contributed by atoms with Crippen LogP contribution in [0.15, 0.2) is 10.3 Å². The zero-order valence-corrected chi connectivity index (χ0v) is 13.8. The van der Waals surface area contributed by atoms with Crippen molar-refractivity contribution in [3.8, 4) is 0 Å². The summed E-state index contributed by atoms with van der Waals surface area (Å²) in [6.45, 7) is 6.22. The van der Waals surface area contributed by atoms with Crippen LogP contribution in [0, 0.1) is 12.8 Å². The molecule has 1 heterocycles. The van der Waals surface area contributed by atoms with E-state index in [0.29, 0.717) is 16.8 Å². The predicted molar refractivity (Wildman–Crippen MR) is 76.8 cm³/mol. The summed E-state index contributed by atoms with van der Waals surface area (Å²) in [7, 11) is -3.44. The van der Waals surface area contributed by atoms with Crippen LogP contribution in [0.4, 0.5) is 0 Å². The van der Waals surface area contributed by atoms with Gasteiger partial charge in [-0.15, -0.1) is 11.3 Å². The minimum Gasteiger partial charge on any atom is -0.209 e. The molecule has 0 aliphatic carbocycles. The highest BCUT2D eigenvalue weighted by Crippen LogP contribution is 2.30. The summed E-state index contributed by atoms with van der Waals surface area (Å²) in [5.41, 5.74) is 0.788. The summed E-state index contributed by atoms with van der Waals surface area (Å²) in [5.74, 6) is 0.367. The van der Waals surface area contributed by atoms with Gasteiger partial charge < -0.3 is 0 Å². The Balaban J connectivity index is 2.76. The summed E-state index contributed by atoms with van der Waals surface area (Å²) in [6.07, 6.45) is 0. The van der Waals surface area contributed by atoms with Crippen molar-refractivity contribution in [3.63, 3.8) is 0 Å². The Kier molecular flexibility index (Phi) is 5.46. The first-order valence-electron chi connectivity index (χ1n) is 5.13. The molecule has 0 aromatic carbocycles. The van der Waals surface area contributed by atoms with E-state index in [1.54, 1.807) is 13.0 Å². The minimum atomic E-state index is -3.44. The van der Waals surface area contributed by atoms with Gasteiger partial charge in [-0.3, -0.25) is 0 Å². The van der Waals surface area contributed by atoms with Crippen LogP contribution < -0.4 is 4.72 Å². The van der Waals surface area contributed by atoms with Crippen molar-refractivity contribution in [2.75, 3.05) is 6.54 Å². The average Bonchev–Trinajstić information content (AvgIpc) is 2.56. The van der Waals surface area contributed by atoms with E-state index in [-0.39, 0.29) is 9.04 Å². The van der Waals surface area contributed by atoms with Crippen LogP contribution >= 0.6 is 38.9 Å². The molecule has 0 saturated heterocycles. The van der Waals surface area contributed by atoms with Crippen molar-refractivity contribution in [2.24, 2.45) is 5.92 Å². The van der Waals surface area contributed by atoms with E-state index < -0.39 is 10.0 Å². The van der Waals surface area contributed by atoms with Crippen LogP contribution in [0.1, 0.15) is 19.4 Å². The molecule has 0 aliphatic heterocycles. The molecule has 1 rings (SSSR count). The molecule has 17 heavy (non-hydrogen) atoms. The van der Waals surface area contributed by atoms with Crippen molar-refractivity contribution >= 4 is 48.9 Å². The maximum absolute atomic E-state index is 11.9. The number of hydrogen-bond acceptors (Lipinski definition) is 3. The van der Waals surface area contributed by atoms with E-state index in [9.17, 15) is 8.42 Å². The molecule has 1 atom stereocenters. The van der Waals surface area contributed by atoms with E-state index in [0.717, 1.165) is 16.9 Å². The molecular weight excluding hydrogens is 346 g/mol. The highest BCUT2D eigenvalue weighted by molar-refractivity contribution is 9.09. The molecular formula is C10H15BrClNO2S2. The number of aryl methyl sites for hydroxylation is 1. The van der Waals surface area contributed by atoms with Gasteiger partial charge in [0.2, 0.25) is 10.0 Å². The van der Waals surface area contributed by atoms with Crippen molar-refractivity contribution < 1.29 is 8.42 Å². The third kappa shape index (κ3) is 4.21. The monoisotopic (exact) mass is 359 g/mol. The zero-order valence-electron chi connectivity index (χ0n) is 9.83. The smallest absolute Gasteiger partial charge is 0.209 e. The number of hydrogen-bond donors (Lipinski definition) is 1. The molecule has 0 radical (unpaired) electrons. The molecule has 1 aromatic rings. The minimum absolute atomic E-state index is 0.119. The Bertz CT molecular complexity index is 465. The largest absolute Gasteiger partial charge is 0.250 e. The second kappa shape index (κ2) is 6.02. The van der Waals surface area contributed by atoms with Crippen LogP contribution in [0.25, 0.3) is 0 Å². The Hall–Kier alpha value is 0.380. The van der Waals surface area contributed by atoms with E-state index in [1.165, 1.54) is 0 Å². The normalized spacial score (nSPS) is 14.2. The van der Waals surface area contributed by atoms with Gasteiger partial charge in [0.15, 0.2) is 0 Å². The SMILES string of the molecule is Cc1cc(S(=O)(=O)NCC(Br)C(C)C)sc1Cl. The zero-order chi connectivity index (χ0) is 13.2. The molecule has 7 heteroatoms. The highest BCUT2D eigenvalue weighted by Gasteiger charge is 2.20. The van der Waals surface area contributed by atoms with Crippen molar-refractivity contribution in [1.29, 1.82) is 0 Å². The fourth-order valence-corrected chi connectivity index (χ4v) is 4.25. The number of nitrogens with one attached hydrogen (secondary N) is 1. The number of alkyl halides is 1. The Labute approximate surface area is 120 Å². The van der Waals surface area contributed by atoms with Crippen molar-refractivity contribution in [3.05, 3.63) is 16.0 Å². The van der Waals surface area contributed by atoms with Gasteiger partial charge in [-0.05, 0) is 24.5 Å². The van der Waals surface area contributed by atoms with E-state index in [1.807, 2.05) is 13.8 Å². The van der Waals surface area contributed by atoms with Crippen LogP contribution in [-0.2, 0) is 10.0 Å². The molecule has 98 valence electrons. The lowest BCUT2D eigenvalue weighted by atomic mass is 10.1. The third-order valence-corrected chi connectivity index (χ3v) is 7.12. The summed E-state index contributed by atoms with van der Waals surface area (Å²) in [4.78, 5) is 0.119. The molecule has 0 spiro atoms. The summed E-state index contributed by atoms with van der Waals surface area (Å²) >= 11 is 10.4. The first-order valence-corrected chi connectivity index (χ1v) is 8.73. The Morgan fingerprint density at radius 2 is 2.12 bits per heavy atom. The van der Waals surface area contributed by atoms with Gasteiger partial charge in [-0.1, -0.05) is 41.4 Å². The summed E-state index contributed by atoms with van der Waals surface area (Å²) < 4.78 is 27.2.